The normalized spacial score (nSPS) is 15.2. The second kappa shape index (κ2) is 8.99. The third kappa shape index (κ3) is 4.77. The second-order valence-electron chi connectivity index (χ2n) is 7.16. The van der Waals surface area contributed by atoms with Gasteiger partial charge in [0.2, 0.25) is 15.9 Å². The third-order valence-corrected chi connectivity index (χ3v) is 8.95. The van der Waals surface area contributed by atoms with Crippen LogP contribution in [0.2, 0.25) is 0 Å². The van der Waals surface area contributed by atoms with Gasteiger partial charge in [-0.1, -0.05) is 18.2 Å². The number of aromatic nitrogens is 1. The minimum absolute atomic E-state index is 0.0501. The van der Waals surface area contributed by atoms with Gasteiger partial charge < -0.3 is 4.90 Å². The van der Waals surface area contributed by atoms with Crippen molar-refractivity contribution in [3.63, 3.8) is 0 Å². The topological polar surface area (TPSA) is 87.7 Å². The van der Waals surface area contributed by atoms with Crippen molar-refractivity contribution < 1.29 is 18.0 Å². The highest BCUT2D eigenvalue weighted by Gasteiger charge is 2.30. The Labute approximate surface area is 189 Å². The largest absolute Gasteiger partial charge is 0.340 e. The van der Waals surface area contributed by atoms with Crippen molar-refractivity contribution in [2.24, 2.45) is 0 Å². The molecule has 0 unspecified atom stereocenters. The predicted molar refractivity (Wildman–Crippen MR) is 121 cm³/mol. The van der Waals surface area contributed by atoms with Crippen LogP contribution in [0.25, 0.3) is 9.88 Å². The number of hydrogen-bond acceptors (Lipinski definition) is 7. The molecule has 0 bridgehead atoms. The lowest BCUT2D eigenvalue weighted by Crippen LogP contribution is -2.50. The first-order valence-corrected chi connectivity index (χ1v) is 12.9. The van der Waals surface area contributed by atoms with Crippen LogP contribution in [0.3, 0.4) is 0 Å². The van der Waals surface area contributed by atoms with Gasteiger partial charge in [-0.2, -0.15) is 4.31 Å². The molecule has 1 fully saturated rings. The molecule has 0 N–H and O–H groups in total. The summed E-state index contributed by atoms with van der Waals surface area (Å²) in [6.45, 7) is 2.59. The molecule has 10 heteroatoms. The number of benzene rings is 1. The average molecular weight is 476 g/mol. The quantitative estimate of drug-likeness (QED) is 0.511. The molecule has 0 radical (unpaired) electrons. The Bertz CT molecular complexity index is 1180. The van der Waals surface area contributed by atoms with Crippen LogP contribution in [0.5, 0.6) is 0 Å². The molecule has 1 saturated heterocycles. The van der Waals surface area contributed by atoms with Gasteiger partial charge in [-0.25, -0.2) is 13.4 Å². The number of rotatable bonds is 6. The van der Waals surface area contributed by atoms with E-state index in [1.165, 1.54) is 46.8 Å². The Hall–Kier alpha value is -2.40. The summed E-state index contributed by atoms with van der Waals surface area (Å²) in [6.07, 6.45) is 0.209. The summed E-state index contributed by atoms with van der Waals surface area (Å²) in [6, 6.07) is 9.93. The van der Waals surface area contributed by atoms with Crippen LogP contribution in [-0.2, 0) is 21.2 Å². The van der Waals surface area contributed by atoms with Crippen molar-refractivity contribution in [2.75, 3.05) is 26.2 Å². The Morgan fingerprint density at radius 2 is 1.74 bits per heavy atom. The van der Waals surface area contributed by atoms with E-state index < -0.39 is 10.0 Å². The van der Waals surface area contributed by atoms with Crippen LogP contribution < -0.4 is 0 Å². The zero-order valence-corrected chi connectivity index (χ0v) is 19.3. The van der Waals surface area contributed by atoms with Crippen molar-refractivity contribution in [2.45, 2.75) is 18.2 Å². The highest BCUT2D eigenvalue weighted by molar-refractivity contribution is 7.89. The highest BCUT2D eigenvalue weighted by Crippen LogP contribution is 2.28. The minimum atomic E-state index is -3.66. The summed E-state index contributed by atoms with van der Waals surface area (Å²) >= 11 is 3.13. The fourth-order valence-corrected chi connectivity index (χ4v) is 6.41. The molecule has 0 aliphatic carbocycles. The number of carbonyl (C=O) groups is 2. The number of nitrogens with zero attached hydrogens (tertiary/aromatic N) is 3. The first kappa shape index (κ1) is 21.8. The zero-order valence-electron chi connectivity index (χ0n) is 16.9. The van der Waals surface area contributed by atoms with Gasteiger partial charge in [0.05, 0.1) is 21.9 Å². The number of sulfonamides is 1. The molecule has 3 aromatic rings. The maximum absolute atomic E-state index is 12.9. The van der Waals surface area contributed by atoms with Crippen molar-refractivity contribution in [1.29, 1.82) is 0 Å². The van der Waals surface area contributed by atoms with Crippen molar-refractivity contribution in [3.8, 4) is 9.88 Å². The summed E-state index contributed by atoms with van der Waals surface area (Å²) in [5.41, 5.74) is 1.21. The summed E-state index contributed by atoms with van der Waals surface area (Å²) in [4.78, 5) is 31.6. The molecule has 162 valence electrons. The van der Waals surface area contributed by atoms with E-state index in [4.69, 9.17) is 0 Å². The third-order valence-electron chi connectivity index (χ3n) is 5.11. The molecule has 0 atom stereocenters. The summed E-state index contributed by atoms with van der Waals surface area (Å²) in [5, 5.41) is 4.80. The van der Waals surface area contributed by atoms with Gasteiger partial charge in [0.1, 0.15) is 5.01 Å². The lowest BCUT2D eigenvalue weighted by molar-refractivity contribution is -0.131. The highest BCUT2D eigenvalue weighted by atomic mass is 32.2. The number of ketones is 1. The molecule has 2 aromatic heterocycles. The van der Waals surface area contributed by atoms with Gasteiger partial charge in [0.15, 0.2) is 5.78 Å². The van der Waals surface area contributed by atoms with Gasteiger partial charge in [-0.15, -0.1) is 22.7 Å². The van der Waals surface area contributed by atoms with Gasteiger partial charge >= 0.3 is 0 Å². The van der Waals surface area contributed by atoms with Crippen LogP contribution in [0.15, 0.2) is 52.1 Å². The van der Waals surface area contributed by atoms with E-state index in [2.05, 4.69) is 4.98 Å². The van der Waals surface area contributed by atoms with Gasteiger partial charge in [-0.3, -0.25) is 9.59 Å². The van der Waals surface area contributed by atoms with E-state index in [1.54, 1.807) is 16.2 Å². The molecule has 4 rings (SSSR count). The van der Waals surface area contributed by atoms with Crippen LogP contribution in [0.4, 0.5) is 0 Å². The zero-order chi connectivity index (χ0) is 22.0. The average Bonchev–Trinajstić information content (AvgIpc) is 3.46. The summed E-state index contributed by atoms with van der Waals surface area (Å²) in [7, 11) is -3.66. The molecule has 0 saturated carbocycles. The maximum atomic E-state index is 12.9. The van der Waals surface area contributed by atoms with Crippen LogP contribution in [0.1, 0.15) is 23.0 Å². The second-order valence-corrected chi connectivity index (χ2v) is 10.9. The molecule has 1 aromatic carbocycles. The van der Waals surface area contributed by atoms with E-state index in [0.717, 1.165) is 15.6 Å². The SMILES string of the molecule is CC(=O)c1ccc(S(=O)(=O)N2CCN(C(=O)Cc3csc(-c4cccs4)n3)CC2)cc1. The molecule has 1 aliphatic heterocycles. The molecule has 7 nitrogen and oxygen atoms in total. The van der Waals surface area contributed by atoms with Crippen molar-refractivity contribution in [3.05, 3.63) is 58.4 Å². The molecule has 0 spiro atoms. The van der Waals surface area contributed by atoms with Crippen LogP contribution >= 0.6 is 22.7 Å². The predicted octanol–water partition coefficient (Wildman–Crippen LogP) is 3.15. The van der Waals surface area contributed by atoms with E-state index in [9.17, 15) is 18.0 Å². The lowest BCUT2D eigenvalue weighted by Gasteiger charge is -2.34. The fraction of sp³-hybridized carbons (Fsp3) is 0.286. The van der Waals surface area contributed by atoms with Gasteiger partial charge in [0.25, 0.3) is 0 Å². The van der Waals surface area contributed by atoms with E-state index in [-0.39, 0.29) is 36.1 Å². The smallest absolute Gasteiger partial charge is 0.243 e. The minimum Gasteiger partial charge on any atom is -0.340 e. The van der Waals surface area contributed by atoms with Gasteiger partial charge in [-0.05, 0) is 30.5 Å². The number of carbonyl (C=O) groups excluding carboxylic acids is 2. The van der Waals surface area contributed by atoms with Crippen molar-refractivity contribution in [1.82, 2.24) is 14.2 Å². The van der Waals surface area contributed by atoms with Crippen LogP contribution in [0, 0.1) is 0 Å². The van der Waals surface area contributed by atoms with Crippen molar-refractivity contribution >= 4 is 44.4 Å². The number of thiazole rings is 1. The standard InChI is InChI=1S/C21H21N3O4S3/c1-15(25)16-4-6-18(7-5-16)31(27,28)24-10-8-23(9-11-24)20(26)13-17-14-30-21(22-17)19-3-2-12-29-19/h2-7,12,14H,8-11,13H2,1H3. The summed E-state index contributed by atoms with van der Waals surface area (Å²) in [5.74, 6) is -0.162. The molecule has 1 aliphatic rings. The first-order valence-electron chi connectivity index (χ1n) is 9.72. The lowest BCUT2D eigenvalue weighted by atomic mass is 10.2. The van der Waals surface area contributed by atoms with E-state index in [1.807, 2.05) is 22.9 Å². The van der Waals surface area contributed by atoms with E-state index >= 15 is 0 Å². The monoisotopic (exact) mass is 475 g/mol. The number of thiophene rings is 1. The maximum Gasteiger partial charge on any atom is 0.243 e. The number of piperazine rings is 1. The Morgan fingerprint density at radius 1 is 1.03 bits per heavy atom. The summed E-state index contributed by atoms with van der Waals surface area (Å²) < 4.78 is 27.1. The molecule has 1 amide bonds. The Morgan fingerprint density at radius 3 is 2.35 bits per heavy atom. The number of hydrogen-bond donors (Lipinski definition) is 0. The Balaban J connectivity index is 1.35. The van der Waals surface area contributed by atoms with E-state index in [0.29, 0.717) is 18.7 Å². The van der Waals surface area contributed by atoms with Gasteiger partial charge in [0, 0.05) is 37.1 Å². The first-order chi connectivity index (χ1) is 14.8. The molecular weight excluding hydrogens is 454 g/mol. The van der Waals surface area contributed by atoms with Crippen LogP contribution in [-0.4, -0.2) is 60.5 Å². The number of Topliss-reactive ketones (excluding diaryl/α,β-unsaturated/α-hetero) is 1. The fourth-order valence-electron chi connectivity index (χ4n) is 3.36. The molecular formula is C21H21N3O4S3. The number of amides is 1. The molecule has 31 heavy (non-hydrogen) atoms. The molecule has 3 heterocycles. The Kier molecular flexibility index (Phi) is 6.33.